The lowest BCUT2D eigenvalue weighted by atomic mass is 10.2. The molecule has 2 aliphatic rings. The van der Waals surface area contributed by atoms with Crippen molar-refractivity contribution in [3.05, 3.63) is 0 Å². The maximum Gasteiger partial charge on any atom is 0.406 e. The summed E-state index contributed by atoms with van der Waals surface area (Å²) < 4.78 is 37.7. The van der Waals surface area contributed by atoms with E-state index in [0.717, 1.165) is 19.5 Å². The Kier molecular flexibility index (Phi) is 2.27. The summed E-state index contributed by atoms with van der Waals surface area (Å²) in [6.07, 6.45) is -2.75. The highest BCUT2D eigenvalue weighted by atomic mass is 19.4. The lowest BCUT2D eigenvalue weighted by Gasteiger charge is -2.24. The first-order valence-corrected chi connectivity index (χ1v) is 4.96. The predicted molar refractivity (Wildman–Crippen MR) is 47.1 cm³/mol. The van der Waals surface area contributed by atoms with Gasteiger partial charge in [-0.2, -0.15) is 13.2 Å². The van der Waals surface area contributed by atoms with Crippen LogP contribution in [0, 0.1) is 0 Å². The van der Waals surface area contributed by atoms with Crippen molar-refractivity contribution >= 4 is 0 Å². The van der Waals surface area contributed by atoms with Crippen LogP contribution in [0.2, 0.25) is 0 Å². The highest BCUT2D eigenvalue weighted by Gasteiger charge is 2.63. The second kappa shape index (κ2) is 3.10. The van der Waals surface area contributed by atoms with E-state index in [9.17, 15) is 13.2 Å². The third-order valence-electron chi connectivity index (χ3n) is 3.16. The number of halogens is 3. The molecule has 0 aromatic rings. The lowest BCUT2D eigenvalue weighted by molar-refractivity contribution is -0.167. The minimum Gasteiger partial charge on any atom is -0.305 e. The second-order valence-corrected chi connectivity index (χ2v) is 4.47. The fraction of sp³-hybridized carbons (Fsp3) is 1.00. The molecule has 1 N–H and O–H groups in total. The molecule has 14 heavy (non-hydrogen) atoms. The second-order valence-electron chi connectivity index (χ2n) is 4.47. The molecule has 0 aromatic heterocycles. The molecule has 0 aromatic carbocycles. The maximum atomic E-state index is 12.6. The van der Waals surface area contributed by atoms with E-state index in [4.69, 9.17) is 0 Å². The van der Waals surface area contributed by atoms with Crippen LogP contribution in [0.3, 0.4) is 0 Å². The summed E-state index contributed by atoms with van der Waals surface area (Å²) in [5.41, 5.74) is -1.54. The van der Waals surface area contributed by atoms with Gasteiger partial charge in [0, 0.05) is 12.6 Å². The van der Waals surface area contributed by atoms with Gasteiger partial charge in [-0.3, -0.25) is 5.32 Å². The Bertz CT molecular complexity index is 223. The highest BCUT2D eigenvalue weighted by Crippen LogP contribution is 2.49. The molecule has 1 saturated carbocycles. The van der Waals surface area contributed by atoms with Crippen LogP contribution >= 0.6 is 0 Å². The van der Waals surface area contributed by atoms with Crippen LogP contribution in [-0.2, 0) is 0 Å². The minimum atomic E-state index is -4.08. The molecule has 2 nitrogen and oxygen atoms in total. The first kappa shape index (κ1) is 10.2. The summed E-state index contributed by atoms with van der Waals surface area (Å²) in [5, 5.41) is 2.77. The van der Waals surface area contributed by atoms with Crippen LogP contribution in [-0.4, -0.2) is 42.8 Å². The van der Waals surface area contributed by atoms with E-state index >= 15 is 0 Å². The van der Waals surface area contributed by atoms with Gasteiger partial charge in [-0.15, -0.1) is 0 Å². The molecule has 1 heterocycles. The third-order valence-corrected chi connectivity index (χ3v) is 3.16. The number of likely N-dealkylation sites (tertiary alicyclic amines) is 1. The van der Waals surface area contributed by atoms with Gasteiger partial charge in [0.25, 0.3) is 0 Å². The Balaban J connectivity index is 1.92. The zero-order valence-corrected chi connectivity index (χ0v) is 8.19. The van der Waals surface area contributed by atoms with Crippen molar-refractivity contribution in [2.45, 2.75) is 37.0 Å². The molecule has 1 atom stereocenters. The van der Waals surface area contributed by atoms with E-state index in [0.29, 0.717) is 0 Å². The largest absolute Gasteiger partial charge is 0.406 e. The van der Waals surface area contributed by atoms with Crippen LogP contribution < -0.4 is 5.32 Å². The number of nitrogens with zero attached hydrogens (tertiary/aromatic N) is 1. The predicted octanol–water partition coefficient (Wildman–Crippen LogP) is 1.38. The SMILES string of the molecule is CN1CC[C@H](NC2(C(F)(F)F)CC2)C1. The average molecular weight is 208 g/mol. The first-order valence-electron chi connectivity index (χ1n) is 4.96. The summed E-state index contributed by atoms with van der Waals surface area (Å²) in [4.78, 5) is 2.06. The van der Waals surface area contributed by atoms with Crippen LogP contribution in [0.25, 0.3) is 0 Å². The van der Waals surface area contributed by atoms with Crippen molar-refractivity contribution in [2.75, 3.05) is 20.1 Å². The van der Waals surface area contributed by atoms with Crippen molar-refractivity contribution in [3.8, 4) is 0 Å². The van der Waals surface area contributed by atoms with E-state index in [1.165, 1.54) is 0 Å². The molecular weight excluding hydrogens is 193 g/mol. The number of hydrogen-bond acceptors (Lipinski definition) is 2. The van der Waals surface area contributed by atoms with Gasteiger partial charge >= 0.3 is 6.18 Å². The minimum absolute atomic E-state index is 0.0177. The Hall–Kier alpha value is -0.290. The zero-order chi connectivity index (χ0) is 10.4. The van der Waals surface area contributed by atoms with Crippen LogP contribution in [0.15, 0.2) is 0 Å². The standard InChI is InChI=1S/C9H15F3N2/c1-14-5-2-7(6-14)13-8(3-4-8)9(10,11)12/h7,13H,2-6H2,1H3/t7-/m0/s1. The normalized spacial score (nSPS) is 32.1. The van der Waals surface area contributed by atoms with Crippen LogP contribution in [0.4, 0.5) is 13.2 Å². The molecule has 0 amide bonds. The van der Waals surface area contributed by atoms with Crippen molar-refractivity contribution in [1.82, 2.24) is 10.2 Å². The topological polar surface area (TPSA) is 15.3 Å². The number of alkyl halides is 3. The smallest absolute Gasteiger partial charge is 0.305 e. The van der Waals surface area contributed by atoms with Gasteiger partial charge in [0.15, 0.2) is 0 Å². The molecule has 0 unspecified atom stereocenters. The molecule has 2 rings (SSSR count). The molecule has 1 saturated heterocycles. The van der Waals surface area contributed by atoms with Gasteiger partial charge in [-0.25, -0.2) is 0 Å². The van der Waals surface area contributed by atoms with Gasteiger partial charge in [0.2, 0.25) is 0 Å². The summed E-state index contributed by atoms with van der Waals surface area (Å²) >= 11 is 0. The lowest BCUT2D eigenvalue weighted by Crippen LogP contribution is -2.50. The Labute approximate surface area is 81.5 Å². The molecule has 5 heteroatoms. The Morgan fingerprint density at radius 1 is 1.36 bits per heavy atom. The van der Waals surface area contributed by atoms with Crippen molar-refractivity contribution < 1.29 is 13.2 Å². The van der Waals surface area contributed by atoms with Crippen molar-refractivity contribution in [2.24, 2.45) is 0 Å². The van der Waals surface area contributed by atoms with E-state index in [1.807, 2.05) is 7.05 Å². The summed E-state index contributed by atoms with van der Waals surface area (Å²) in [5.74, 6) is 0. The fourth-order valence-corrected chi connectivity index (χ4v) is 2.08. The maximum absolute atomic E-state index is 12.6. The van der Waals surface area contributed by atoms with E-state index in [1.54, 1.807) is 0 Å². The average Bonchev–Trinajstić information content (AvgIpc) is 2.71. The molecule has 2 fully saturated rings. The first-order chi connectivity index (χ1) is 6.43. The molecule has 0 radical (unpaired) electrons. The Morgan fingerprint density at radius 2 is 2.00 bits per heavy atom. The molecule has 0 bridgehead atoms. The monoisotopic (exact) mass is 208 g/mol. The van der Waals surface area contributed by atoms with Gasteiger partial charge in [0.05, 0.1) is 0 Å². The van der Waals surface area contributed by atoms with Crippen LogP contribution in [0.5, 0.6) is 0 Å². The molecule has 0 spiro atoms. The van der Waals surface area contributed by atoms with Gasteiger partial charge in [-0.05, 0) is 32.9 Å². The van der Waals surface area contributed by atoms with Crippen molar-refractivity contribution in [1.29, 1.82) is 0 Å². The third kappa shape index (κ3) is 1.75. The van der Waals surface area contributed by atoms with Gasteiger partial charge in [0.1, 0.15) is 5.54 Å². The molecule has 82 valence electrons. The fourth-order valence-electron chi connectivity index (χ4n) is 2.08. The number of hydrogen-bond donors (Lipinski definition) is 1. The molecular formula is C9H15F3N2. The van der Waals surface area contributed by atoms with Crippen LogP contribution in [0.1, 0.15) is 19.3 Å². The Morgan fingerprint density at radius 3 is 2.36 bits per heavy atom. The van der Waals surface area contributed by atoms with Gasteiger partial charge in [-0.1, -0.05) is 0 Å². The highest BCUT2D eigenvalue weighted by molar-refractivity contribution is 5.09. The van der Waals surface area contributed by atoms with E-state index < -0.39 is 11.7 Å². The van der Waals surface area contributed by atoms with E-state index in [2.05, 4.69) is 10.2 Å². The molecule has 1 aliphatic carbocycles. The van der Waals surface area contributed by atoms with Crippen molar-refractivity contribution in [3.63, 3.8) is 0 Å². The quantitative estimate of drug-likeness (QED) is 0.737. The number of rotatable bonds is 2. The summed E-state index contributed by atoms with van der Waals surface area (Å²) in [7, 11) is 1.94. The van der Waals surface area contributed by atoms with E-state index in [-0.39, 0.29) is 18.9 Å². The molecule has 1 aliphatic heterocycles. The summed E-state index contributed by atoms with van der Waals surface area (Å²) in [6, 6.07) is 0.0177. The van der Waals surface area contributed by atoms with Gasteiger partial charge < -0.3 is 4.90 Å². The number of likely N-dealkylation sites (N-methyl/N-ethyl adjacent to an activating group) is 1. The zero-order valence-electron chi connectivity index (χ0n) is 8.19. The summed E-state index contributed by atoms with van der Waals surface area (Å²) in [6.45, 7) is 1.63. The number of nitrogens with one attached hydrogen (secondary N) is 1.